The van der Waals surface area contributed by atoms with Crippen molar-refractivity contribution in [2.75, 3.05) is 7.11 Å². The molecular weight excluding hydrogens is 521 g/mol. The Morgan fingerprint density at radius 1 is 1.14 bits per heavy atom. The molecule has 0 spiro atoms. The van der Waals surface area contributed by atoms with Crippen molar-refractivity contribution in [3.63, 3.8) is 0 Å². The second-order valence-electron chi connectivity index (χ2n) is 10.6. The normalized spacial score (nSPS) is 19.7. The highest BCUT2D eigenvalue weighted by molar-refractivity contribution is 8.02. The molecule has 0 bridgehead atoms. The fourth-order valence-corrected chi connectivity index (χ4v) is 7.55. The minimum absolute atomic E-state index is 0.0194. The number of thioether (sulfide) groups is 2. The molecule has 0 N–H and O–H groups in total. The maximum atomic E-state index is 13.8. The van der Waals surface area contributed by atoms with Gasteiger partial charge in [0.2, 0.25) is 5.91 Å². The molecule has 2 aromatic rings. The summed E-state index contributed by atoms with van der Waals surface area (Å²) in [6.45, 7) is 14.8. The lowest BCUT2D eigenvalue weighted by Gasteiger charge is -2.51. The summed E-state index contributed by atoms with van der Waals surface area (Å²) in [5.74, 6) is -0.431. The molecule has 6 nitrogen and oxygen atoms in total. The molecule has 1 aromatic carbocycles. The number of pyridine rings is 1. The number of carbonyl (C=O) groups is 2. The van der Waals surface area contributed by atoms with E-state index >= 15 is 0 Å². The summed E-state index contributed by atoms with van der Waals surface area (Å²) >= 11 is 3.06. The minimum atomic E-state index is -2.11. The SMILES string of the molecule is COC(=O)/C(=C(/C)SCc1ccccn1)N1C(=O)[C@H]([C@@H](C)O[Si](C)(C)C(C)(C)C)[C@H]1Sc1ccccc1. The van der Waals surface area contributed by atoms with E-state index in [2.05, 4.69) is 38.8 Å². The Bertz CT molecular complexity index is 1120. The van der Waals surface area contributed by atoms with Crippen LogP contribution in [0.25, 0.3) is 0 Å². The molecule has 0 unspecified atom stereocenters. The van der Waals surface area contributed by atoms with Crippen LogP contribution in [-0.2, 0) is 24.5 Å². The monoisotopic (exact) mass is 558 g/mol. The molecule has 3 rings (SSSR count). The first-order valence-corrected chi connectivity index (χ1v) is 17.2. The molecule has 9 heteroatoms. The molecule has 1 amide bonds. The van der Waals surface area contributed by atoms with Gasteiger partial charge in [-0.3, -0.25) is 14.7 Å². The van der Waals surface area contributed by atoms with Crippen LogP contribution in [-0.4, -0.2) is 48.7 Å². The average molecular weight is 559 g/mol. The van der Waals surface area contributed by atoms with Crippen LogP contribution in [0.5, 0.6) is 0 Å². The zero-order valence-electron chi connectivity index (χ0n) is 23.0. The fourth-order valence-electron chi connectivity index (χ4n) is 3.88. The van der Waals surface area contributed by atoms with E-state index in [1.54, 1.807) is 22.9 Å². The number of esters is 1. The van der Waals surface area contributed by atoms with E-state index < -0.39 is 14.3 Å². The van der Waals surface area contributed by atoms with Crippen LogP contribution in [0.15, 0.2) is 70.2 Å². The van der Waals surface area contributed by atoms with E-state index in [-0.39, 0.29) is 34.0 Å². The number of ether oxygens (including phenoxy) is 1. The zero-order valence-corrected chi connectivity index (χ0v) is 25.6. The van der Waals surface area contributed by atoms with Gasteiger partial charge in [-0.15, -0.1) is 11.8 Å². The number of benzene rings is 1. The second kappa shape index (κ2) is 12.2. The molecule has 1 saturated heterocycles. The third-order valence-corrected chi connectivity index (χ3v) is 13.9. The van der Waals surface area contributed by atoms with Gasteiger partial charge in [0.1, 0.15) is 11.1 Å². The molecule has 3 atom stereocenters. The number of carbonyl (C=O) groups excluding carboxylic acids is 2. The number of methoxy groups -OCH3 is 1. The van der Waals surface area contributed by atoms with Gasteiger partial charge in [-0.2, -0.15) is 0 Å². The van der Waals surface area contributed by atoms with Crippen LogP contribution >= 0.6 is 23.5 Å². The van der Waals surface area contributed by atoms with E-state index in [0.29, 0.717) is 5.75 Å². The standard InChI is InChI=1S/C28H38N2O4S2Si/c1-19(34-37(7,8)28(3,4)5)23-25(31)30(26(23)36-22-15-10-9-11-16-22)24(27(32)33-6)20(2)35-18-21-14-12-13-17-29-21/h9-17,19,23,26H,18H2,1-8H3/b24-20+/t19-,23+,26-/m1/s1. The molecule has 0 aliphatic carbocycles. The highest BCUT2D eigenvalue weighted by atomic mass is 32.2. The van der Waals surface area contributed by atoms with Crippen LogP contribution in [0.1, 0.15) is 40.3 Å². The fraction of sp³-hybridized carbons (Fsp3) is 0.464. The molecule has 0 saturated carbocycles. The number of nitrogens with zero attached hydrogens (tertiary/aromatic N) is 2. The van der Waals surface area contributed by atoms with E-state index in [1.165, 1.54) is 18.9 Å². The summed E-state index contributed by atoms with van der Waals surface area (Å²) in [5.41, 5.74) is 1.19. The predicted octanol–water partition coefficient (Wildman–Crippen LogP) is 6.71. The zero-order chi connectivity index (χ0) is 27.4. The van der Waals surface area contributed by atoms with Crippen molar-refractivity contribution in [3.05, 3.63) is 71.0 Å². The van der Waals surface area contributed by atoms with Crippen LogP contribution in [0, 0.1) is 5.92 Å². The van der Waals surface area contributed by atoms with Crippen LogP contribution < -0.4 is 0 Å². The Kier molecular flexibility index (Phi) is 9.71. The molecule has 1 aliphatic rings. The molecule has 1 aliphatic heterocycles. The van der Waals surface area contributed by atoms with Crippen molar-refractivity contribution in [2.24, 2.45) is 5.92 Å². The largest absolute Gasteiger partial charge is 0.464 e. The molecule has 1 fully saturated rings. The Labute approximate surface area is 230 Å². The lowest BCUT2D eigenvalue weighted by Crippen LogP contribution is -2.64. The summed E-state index contributed by atoms with van der Waals surface area (Å²) in [7, 11) is -0.758. The Balaban J connectivity index is 1.95. The first-order valence-electron chi connectivity index (χ1n) is 12.4. The number of aromatic nitrogens is 1. The summed E-state index contributed by atoms with van der Waals surface area (Å²) < 4.78 is 11.8. The topological polar surface area (TPSA) is 68.7 Å². The van der Waals surface area contributed by atoms with E-state index in [4.69, 9.17) is 9.16 Å². The van der Waals surface area contributed by atoms with Gasteiger partial charge in [0.15, 0.2) is 8.32 Å². The van der Waals surface area contributed by atoms with Gasteiger partial charge in [-0.25, -0.2) is 4.79 Å². The van der Waals surface area contributed by atoms with E-state index in [9.17, 15) is 9.59 Å². The third-order valence-electron chi connectivity index (χ3n) is 6.99. The summed E-state index contributed by atoms with van der Waals surface area (Å²) in [6, 6.07) is 15.7. The van der Waals surface area contributed by atoms with Crippen LogP contribution in [0.3, 0.4) is 0 Å². The first-order chi connectivity index (χ1) is 17.4. The number of hydrogen-bond donors (Lipinski definition) is 0. The molecule has 37 heavy (non-hydrogen) atoms. The Morgan fingerprint density at radius 3 is 2.35 bits per heavy atom. The number of rotatable bonds is 10. The van der Waals surface area contributed by atoms with Gasteiger partial charge < -0.3 is 9.16 Å². The number of allylic oxidation sites excluding steroid dienone is 1. The van der Waals surface area contributed by atoms with Crippen molar-refractivity contribution in [1.29, 1.82) is 0 Å². The van der Waals surface area contributed by atoms with Gasteiger partial charge >= 0.3 is 5.97 Å². The summed E-state index contributed by atoms with van der Waals surface area (Å²) in [6.07, 6.45) is 1.46. The van der Waals surface area contributed by atoms with Crippen LogP contribution in [0.4, 0.5) is 0 Å². The van der Waals surface area contributed by atoms with E-state index in [1.807, 2.05) is 62.4 Å². The molecule has 0 radical (unpaired) electrons. The lowest BCUT2D eigenvalue weighted by molar-refractivity contribution is -0.157. The number of amides is 1. The van der Waals surface area contributed by atoms with Gasteiger partial charge in [0.25, 0.3) is 0 Å². The van der Waals surface area contributed by atoms with Crippen molar-refractivity contribution >= 4 is 43.7 Å². The van der Waals surface area contributed by atoms with Crippen molar-refractivity contribution < 1.29 is 18.8 Å². The maximum Gasteiger partial charge on any atom is 0.355 e. The lowest BCUT2D eigenvalue weighted by atomic mass is 9.92. The van der Waals surface area contributed by atoms with Crippen LogP contribution in [0.2, 0.25) is 18.1 Å². The first kappa shape index (κ1) is 29.5. The summed E-state index contributed by atoms with van der Waals surface area (Å²) in [4.78, 5) is 34.5. The smallest absolute Gasteiger partial charge is 0.355 e. The number of hydrogen-bond acceptors (Lipinski definition) is 7. The summed E-state index contributed by atoms with van der Waals surface area (Å²) in [5, 5.41) is -0.278. The highest BCUT2D eigenvalue weighted by Gasteiger charge is 2.55. The maximum absolute atomic E-state index is 13.8. The number of likely N-dealkylation sites (tertiary alicyclic amines) is 1. The van der Waals surface area contributed by atoms with Gasteiger partial charge in [-0.1, -0.05) is 56.8 Å². The quantitative estimate of drug-likeness (QED) is 0.139. The molecule has 200 valence electrons. The Hall–Kier alpha value is -2.07. The molecule has 1 aromatic heterocycles. The van der Waals surface area contributed by atoms with Gasteiger partial charge in [0.05, 0.1) is 24.8 Å². The second-order valence-corrected chi connectivity index (χ2v) is 17.8. The minimum Gasteiger partial charge on any atom is -0.464 e. The predicted molar refractivity (Wildman–Crippen MR) is 154 cm³/mol. The molecule has 2 heterocycles. The van der Waals surface area contributed by atoms with Gasteiger partial charge in [0, 0.05) is 21.8 Å². The molecular formula is C28H38N2O4S2Si. The van der Waals surface area contributed by atoms with Gasteiger partial charge in [-0.05, 0) is 56.2 Å². The highest BCUT2D eigenvalue weighted by Crippen LogP contribution is 2.47. The van der Waals surface area contributed by atoms with E-state index in [0.717, 1.165) is 15.5 Å². The van der Waals surface area contributed by atoms with Crippen molar-refractivity contribution in [3.8, 4) is 0 Å². The Morgan fingerprint density at radius 2 is 1.78 bits per heavy atom. The third kappa shape index (κ3) is 6.87. The van der Waals surface area contributed by atoms with Crippen molar-refractivity contribution in [1.82, 2.24) is 9.88 Å². The number of β-lactam (4-membered cyclic amide) rings is 1. The van der Waals surface area contributed by atoms with Crippen molar-refractivity contribution in [2.45, 2.75) is 74.9 Å². The average Bonchev–Trinajstić information content (AvgIpc) is 2.85.